The lowest BCUT2D eigenvalue weighted by molar-refractivity contribution is -0.109. The summed E-state index contributed by atoms with van der Waals surface area (Å²) in [5.41, 5.74) is -1.21. The number of hydrogen-bond acceptors (Lipinski definition) is 5. The molecule has 0 aromatic rings. The number of allylic oxidation sites excluding steroid dienone is 1. The Labute approximate surface area is 111 Å². The molecule has 0 aromatic heterocycles. The molecule has 5 nitrogen and oxygen atoms in total. The highest BCUT2D eigenvalue weighted by Crippen LogP contribution is 2.34. The zero-order valence-corrected chi connectivity index (χ0v) is 10.7. The minimum Gasteiger partial charge on any atom is -0.393 e. The van der Waals surface area contributed by atoms with Gasteiger partial charge in [-0.2, -0.15) is 0 Å². The predicted octanol–water partition coefficient (Wildman–Crippen LogP) is 0.591. The third-order valence-electron chi connectivity index (χ3n) is 2.89. The molecule has 1 unspecified atom stereocenters. The summed E-state index contributed by atoms with van der Waals surface area (Å²) in [7, 11) is 0. The van der Waals surface area contributed by atoms with E-state index in [4.69, 9.17) is 7.48 Å². The molecule has 0 aromatic carbocycles. The van der Waals surface area contributed by atoms with Crippen molar-refractivity contribution < 1.29 is 17.7 Å². The molecule has 0 amide bonds. The van der Waals surface area contributed by atoms with Gasteiger partial charge in [-0.25, -0.2) is 0 Å². The zero-order valence-electron chi connectivity index (χ0n) is 11.1. The van der Waals surface area contributed by atoms with E-state index < -0.39 is 24.6 Å². The summed E-state index contributed by atoms with van der Waals surface area (Å²) in [6, 6.07) is 0. The molecule has 6 heteroatoms. The summed E-state index contributed by atoms with van der Waals surface area (Å²) in [4.78, 5) is 5.30. The molecule has 0 saturated carbocycles. The molecule has 2 aliphatic rings. The van der Waals surface area contributed by atoms with Gasteiger partial charge in [-0.15, -0.1) is 6.58 Å². The summed E-state index contributed by atoms with van der Waals surface area (Å²) in [6.07, 6.45) is 1.63. The van der Waals surface area contributed by atoms with E-state index in [9.17, 15) is 10.2 Å². The van der Waals surface area contributed by atoms with Crippen molar-refractivity contribution in [3.05, 3.63) is 23.3 Å². The fourth-order valence-electron chi connectivity index (χ4n) is 1.85. The summed E-state index contributed by atoms with van der Waals surface area (Å²) >= 11 is 3.18. The molecule has 94 valence electrons. The number of halogens is 1. The van der Waals surface area contributed by atoms with Crippen LogP contribution in [0.5, 0.6) is 0 Å². The number of nitrogens with zero attached hydrogens (tertiary/aromatic N) is 2. The second-order valence-electron chi connectivity index (χ2n) is 3.92. The van der Waals surface area contributed by atoms with Crippen molar-refractivity contribution in [3.8, 4) is 0 Å². The van der Waals surface area contributed by atoms with Crippen molar-refractivity contribution in [2.45, 2.75) is 24.4 Å². The number of aliphatic hydroxyl groups excluding tert-OH is 2. The van der Waals surface area contributed by atoms with Crippen LogP contribution in [0.25, 0.3) is 0 Å². The third-order valence-corrected chi connectivity index (χ3v) is 3.28. The summed E-state index contributed by atoms with van der Waals surface area (Å²) in [5.74, 6) is 0. The second kappa shape index (κ2) is 4.89. The third kappa shape index (κ3) is 2.30. The van der Waals surface area contributed by atoms with Gasteiger partial charge in [-0.1, -0.05) is 6.08 Å². The first-order chi connectivity index (χ1) is 8.93. The van der Waals surface area contributed by atoms with Gasteiger partial charge in [-0.05, 0) is 15.9 Å². The van der Waals surface area contributed by atoms with Crippen LogP contribution in [-0.4, -0.2) is 52.5 Å². The fourth-order valence-corrected chi connectivity index (χ4v) is 2.19. The van der Waals surface area contributed by atoms with Gasteiger partial charge < -0.3 is 19.8 Å². The van der Waals surface area contributed by atoms with Gasteiger partial charge in [0.2, 0.25) is 0 Å². The quantitative estimate of drug-likeness (QED) is 0.749. The maximum Gasteiger partial charge on any atom is 0.137 e. The zero-order chi connectivity index (χ0) is 14.2. The molecule has 4 atom stereocenters. The topological polar surface area (TPSA) is 65.3 Å². The molecule has 1 saturated heterocycles. The van der Waals surface area contributed by atoms with E-state index in [0.717, 1.165) is 0 Å². The molecule has 1 fully saturated rings. The monoisotopic (exact) mass is 304 g/mol. The first-order valence-electron chi connectivity index (χ1n) is 6.23. The molecule has 17 heavy (non-hydrogen) atoms. The highest BCUT2D eigenvalue weighted by Gasteiger charge is 2.47. The van der Waals surface area contributed by atoms with Crippen molar-refractivity contribution in [2.24, 2.45) is 4.99 Å². The van der Waals surface area contributed by atoms with Crippen LogP contribution in [-0.2, 0) is 4.74 Å². The minimum atomic E-state index is -1.21. The first kappa shape index (κ1) is 10.3. The van der Waals surface area contributed by atoms with Crippen molar-refractivity contribution in [2.75, 3.05) is 13.3 Å². The molecule has 0 aliphatic carbocycles. The molecule has 2 rings (SSSR count). The Balaban J connectivity index is 2.20. The highest BCUT2D eigenvalue weighted by molar-refractivity contribution is 9.12. The van der Waals surface area contributed by atoms with Crippen LogP contribution < -0.4 is 0 Å². The number of hydrogen-bond donors (Lipinski definition) is 2. The van der Waals surface area contributed by atoms with Crippen LogP contribution in [0.15, 0.2) is 28.3 Å². The molecule has 0 bridgehead atoms. The second-order valence-corrected chi connectivity index (χ2v) is 4.78. The van der Waals surface area contributed by atoms with E-state index in [2.05, 4.69) is 27.5 Å². The van der Waals surface area contributed by atoms with Crippen molar-refractivity contribution in [3.63, 3.8) is 0 Å². The number of rotatable bonds is 3. The van der Waals surface area contributed by atoms with Gasteiger partial charge in [0.1, 0.15) is 18.5 Å². The SMILES string of the molecule is [2H]C1=NC([2H])N([C@H]2C[C@H](O)[C@@](C=C)(CO)O2)C=C1Br. The average molecular weight is 305 g/mol. The maximum absolute atomic E-state index is 10.00. The van der Waals surface area contributed by atoms with E-state index >= 15 is 0 Å². The first-order valence-corrected chi connectivity index (χ1v) is 5.95. The van der Waals surface area contributed by atoms with Gasteiger partial charge in [0, 0.05) is 18.8 Å². The molecule has 0 radical (unpaired) electrons. The van der Waals surface area contributed by atoms with Gasteiger partial charge in [0.05, 0.1) is 19.9 Å². The Bertz CT molecular complexity index is 446. The van der Waals surface area contributed by atoms with Gasteiger partial charge >= 0.3 is 0 Å². The Hall–Kier alpha value is -0.690. The summed E-state index contributed by atoms with van der Waals surface area (Å²) in [5, 5.41) is 19.4. The molecule has 2 N–H and O–H groups in total. The summed E-state index contributed by atoms with van der Waals surface area (Å²) in [6.45, 7) is 2.17. The largest absolute Gasteiger partial charge is 0.393 e. The van der Waals surface area contributed by atoms with E-state index in [-0.39, 0.29) is 19.2 Å². The standard InChI is InChI=1S/C11H15BrN2O3/c1-2-11(6-15)9(16)3-10(17-11)14-5-8(12)4-13-7-14/h2,4-5,9-10,15-16H,1,3,6-7H2/t9-,10+,11+/m0/s1/i4D,7D/t7?,9-,10+,11+. The lowest BCUT2D eigenvalue weighted by atomic mass is 9.98. The Morgan fingerprint density at radius 1 is 1.94 bits per heavy atom. The lowest BCUT2D eigenvalue weighted by Gasteiger charge is -2.30. The highest BCUT2D eigenvalue weighted by atomic mass is 79.9. The Morgan fingerprint density at radius 3 is 3.29 bits per heavy atom. The summed E-state index contributed by atoms with van der Waals surface area (Å²) < 4.78 is 21.4. The molecular formula is C11H15BrN2O3. The smallest absolute Gasteiger partial charge is 0.137 e. The maximum atomic E-state index is 10.00. The van der Waals surface area contributed by atoms with E-state index in [1.165, 1.54) is 11.0 Å². The van der Waals surface area contributed by atoms with Crippen LogP contribution in [0.1, 0.15) is 9.16 Å². The van der Waals surface area contributed by atoms with Gasteiger partial charge in [-0.3, -0.25) is 4.99 Å². The molecule has 2 heterocycles. The number of aliphatic hydroxyl groups is 2. The van der Waals surface area contributed by atoms with Crippen LogP contribution >= 0.6 is 15.9 Å². The molecule has 0 spiro atoms. The van der Waals surface area contributed by atoms with E-state index in [1.54, 1.807) is 6.20 Å². The number of aliphatic imine (C=N–C) groups is 1. The van der Waals surface area contributed by atoms with Crippen molar-refractivity contribution in [1.29, 1.82) is 0 Å². The minimum absolute atomic E-state index is 0.00747. The molecule has 2 aliphatic heterocycles. The average Bonchev–Trinajstić information content (AvgIpc) is 2.71. The van der Waals surface area contributed by atoms with Crippen LogP contribution in [0.3, 0.4) is 0 Å². The van der Waals surface area contributed by atoms with Crippen LogP contribution in [0, 0.1) is 0 Å². The van der Waals surface area contributed by atoms with Crippen molar-refractivity contribution >= 4 is 22.1 Å². The van der Waals surface area contributed by atoms with Gasteiger partial charge in [0.25, 0.3) is 0 Å². The van der Waals surface area contributed by atoms with E-state index in [1.807, 2.05) is 0 Å². The fraction of sp³-hybridized carbons (Fsp3) is 0.545. The normalized spacial score (nSPS) is 43.7. The van der Waals surface area contributed by atoms with Gasteiger partial charge in [0.15, 0.2) is 0 Å². The number of ether oxygens (including phenoxy) is 1. The predicted molar refractivity (Wildman–Crippen MR) is 67.7 cm³/mol. The lowest BCUT2D eigenvalue weighted by Crippen LogP contribution is -2.42. The van der Waals surface area contributed by atoms with E-state index in [0.29, 0.717) is 4.48 Å². The van der Waals surface area contributed by atoms with Crippen molar-refractivity contribution in [1.82, 2.24) is 4.90 Å². The Morgan fingerprint density at radius 2 is 2.71 bits per heavy atom. The van der Waals surface area contributed by atoms with Crippen LogP contribution in [0.2, 0.25) is 0 Å². The Kier molecular flexibility index (Phi) is 2.95. The molecular weight excluding hydrogens is 288 g/mol. The van der Waals surface area contributed by atoms with Crippen LogP contribution in [0.4, 0.5) is 0 Å².